The highest BCUT2D eigenvalue weighted by atomic mass is 32.2. The van der Waals surface area contributed by atoms with Gasteiger partial charge >= 0.3 is 0 Å². The fraction of sp³-hybridized carbons (Fsp3) is 0.357. The zero-order chi connectivity index (χ0) is 15.2. The van der Waals surface area contributed by atoms with Crippen molar-refractivity contribution in [2.24, 2.45) is 5.73 Å². The first kappa shape index (κ1) is 16.2. The second-order valence-electron chi connectivity index (χ2n) is 4.35. The molecule has 0 aliphatic rings. The predicted octanol–water partition coefficient (Wildman–Crippen LogP) is 0.0461. The largest absolute Gasteiger partial charge is 0.351 e. The van der Waals surface area contributed by atoms with Crippen LogP contribution in [0.3, 0.4) is 0 Å². The highest BCUT2D eigenvalue weighted by Crippen LogP contribution is 2.07. The summed E-state index contributed by atoms with van der Waals surface area (Å²) in [6, 6.07) is 7.32. The molecule has 20 heavy (non-hydrogen) atoms. The quantitative estimate of drug-likeness (QED) is 0.768. The number of carbonyl (C=O) groups is 1. The van der Waals surface area contributed by atoms with Crippen LogP contribution in [-0.4, -0.2) is 32.4 Å². The van der Waals surface area contributed by atoms with Gasteiger partial charge in [0.15, 0.2) is 9.84 Å². The molecule has 5 nitrogen and oxygen atoms in total. The van der Waals surface area contributed by atoms with Gasteiger partial charge in [-0.15, -0.1) is 0 Å². The Hall–Kier alpha value is -1.84. The Morgan fingerprint density at radius 3 is 2.65 bits per heavy atom. The van der Waals surface area contributed by atoms with Crippen LogP contribution in [0.2, 0.25) is 0 Å². The van der Waals surface area contributed by atoms with E-state index in [4.69, 9.17) is 5.73 Å². The van der Waals surface area contributed by atoms with Crippen molar-refractivity contribution in [1.82, 2.24) is 5.32 Å². The Balaban J connectivity index is 2.78. The van der Waals surface area contributed by atoms with Crippen molar-refractivity contribution >= 4 is 15.7 Å². The van der Waals surface area contributed by atoms with Crippen LogP contribution < -0.4 is 11.1 Å². The normalized spacial score (nSPS) is 12.2. The van der Waals surface area contributed by atoms with Crippen molar-refractivity contribution in [3.8, 4) is 11.8 Å². The number of amides is 1. The fourth-order valence-corrected chi connectivity index (χ4v) is 1.94. The molecule has 0 spiro atoms. The monoisotopic (exact) mass is 294 g/mol. The van der Waals surface area contributed by atoms with E-state index in [1.54, 1.807) is 0 Å². The molecule has 1 rings (SSSR count). The molecule has 0 radical (unpaired) electrons. The second kappa shape index (κ2) is 7.08. The van der Waals surface area contributed by atoms with Gasteiger partial charge in [0.1, 0.15) is 5.25 Å². The predicted molar refractivity (Wildman–Crippen MR) is 78.5 cm³/mol. The lowest BCUT2D eigenvalue weighted by Gasteiger charge is -2.11. The van der Waals surface area contributed by atoms with E-state index >= 15 is 0 Å². The maximum Gasteiger partial charge on any atom is 0.238 e. The lowest BCUT2D eigenvalue weighted by molar-refractivity contribution is -0.120. The van der Waals surface area contributed by atoms with Gasteiger partial charge < -0.3 is 11.1 Å². The number of sulfone groups is 1. The zero-order valence-corrected chi connectivity index (χ0v) is 12.3. The average molecular weight is 294 g/mol. The van der Waals surface area contributed by atoms with E-state index in [9.17, 15) is 13.2 Å². The van der Waals surface area contributed by atoms with Crippen molar-refractivity contribution in [2.45, 2.75) is 18.7 Å². The minimum atomic E-state index is -3.39. The molecule has 1 aromatic rings. The third-order valence-electron chi connectivity index (χ3n) is 2.81. The molecule has 108 valence electrons. The molecule has 1 unspecified atom stereocenters. The molecule has 0 aliphatic heterocycles. The highest BCUT2D eigenvalue weighted by Gasteiger charge is 2.23. The molecular weight excluding hydrogens is 276 g/mol. The highest BCUT2D eigenvalue weighted by molar-refractivity contribution is 7.92. The van der Waals surface area contributed by atoms with Crippen LogP contribution in [-0.2, 0) is 21.2 Å². The van der Waals surface area contributed by atoms with Crippen LogP contribution >= 0.6 is 0 Å². The van der Waals surface area contributed by atoms with Crippen molar-refractivity contribution in [3.05, 3.63) is 35.4 Å². The minimum absolute atomic E-state index is 0.230. The lowest BCUT2D eigenvalue weighted by atomic mass is 10.1. The summed E-state index contributed by atoms with van der Waals surface area (Å²) in [5.74, 6) is 5.14. The van der Waals surface area contributed by atoms with Crippen molar-refractivity contribution in [2.75, 3.05) is 12.8 Å². The number of hydrogen-bond donors (Lipinski definition) is 2. The molecule has 1 aromatic carbocycles. The zero-order valence-electron chi connectivity index (χ0n) is 11.5. The van der Waals surface area contributed by atoms with Gasteiger partial charge in [-0.2, -0.15) is 0 Å². The minimum Gasteiger partial charge on any atom is -0.351 e. The molecule has 0 heterocycles. The molecule has 0 bridgehead atoms. The maximum absolute atomic E-state index is 11.7. The van der Waals surface area contributed by atoms with E-state index in [0.29, 0.717) is 0 Å². The Labute approximate surface area is 119 Å². The summed E-state index contributed by atoms with van der Waals surface area (Å²) < 4.78 is 22.6. The van der Waals surface area contributed by atoms with Crippen LogP contribution in [0.4, 0.5) is 0 Å². The van der Waals surface area contributed by atoms with Crippen molar-refractivity contribution < 1.29 is 13.2 Å². The van der Waals surface area contributed by atoms with Crippen LogP contribution in [0.5, 0.6) is 0 Å². The number of benzene rings is 1. The Morgan fingerprint density at radius 1 is 1.40 bits per heavy atom. The van der Waals surface area contributed by atoms with Crippen LogP contribution in [0.15, 0.2) is 24.3 Å². The van der Waals surface area contributed by atoms with E-state index < -0.39 is 21.0 Å². The molecule has 6 heteroatoms. The second-order valence-corrected chi connectivity index (χ2v) is 6.72. The topological polar surface area (TPSA) is 89.3 Å². The van der Waals surface area contributed by atoms with Crippen LogP contribution in [0.25, 0.3) is 0 Å². The van der Waals surface area contributed by atoms with E-state index in [0.717, 1.165) is 17.4 Å². The summed E-state index contributed by atoms with van der Waals surface area (Å²) in [5, 5.41) is 1.54. The fourth-order valence-electron chi connectivity index (χ4n) is 1.46. The molecule has 0 fully saturated rings. The van der Waals surface area contributed by atoms with Gasteiger partial charge in [-0.3, -0.25) is 4.79 Å². The van der Waals surface area contributed by atoms with Crippen LogP contribution in [0, 0.1) is 11.8 Å². The first-order chi connectivity index (χ1) is 9.36. The summed E-state index contributed by atoms with van der Waals surface area (Å²) >= 11 is 0. The first-order valence-electron chi connectivity index (χ1n) is 6.09. The van der Waals surface area contributed by atoms with E-state index in [1.165, 1.54) is 6.92 Å². The van der Waals surface area contributed by atoms with Crippen molar-refractivity contribution in [3.63, 3.8) is 0 Å². The van der Waals surface area contributed by atoms with Crippen molar-refractivity contribution in [1.29, 1.82) is 0 Å². The summed E-state index contributed by atoms with van der Waals surface area (Å²) in [6.45, 7) is 1.85. The average Bonchev–Trinajstić information content (AvgIpc) is 2.41. The molecule has 1 amide bonds. The molecule has 0 aromatic heterocycles. The van der Waals surface area contributed by atoms with Gasteiger partial charge in [0, 0.05) is 18.4 Å². The number of hydrogen-bond acceptors (Lipinski definition) is 4. The Bertz CT molecular complexity index is 642. The Kier molecular flexibility index (Phi) is 5.74. The summed E-state index contributed by atoms with van der Waals surface area (Å²) in [7, 11) is -3.39. The summed E-state index contributed by atoms with van der Waals surface area (Å²) in [4.78, 5) is 11.7. The third kappa shape index (κ3) is 4.68. The van der Waals surface area contributed by atoms with Gasteiger partial charge in [0.05, 0.1) is 6.54 Å². The molecule has 0 saturated heterocycles. The smallest absolute Gasteiger partial charge is 0.238 e. The van der Waals surface area contributed by atoms with E-state index in [-0.39, 0.29) is 13.1 Å². The third-order valence-corrected chi connectivity index (χ3v) is 4.31. The number of nitrogens with one attached hydrogen (secondary N) is 1. The van der Waals surface area contributed by atoms with Gasteiger partial charge in [0.25, 0.3) is 0 Å². The Morgan fingerprint density at radius 2 is 2.05 bits per heavy atom. The van der Waals surface area contributed by atoms with Gasteiger partial charge in [0.2, 0.25) is 5.91 Å². The SMILES string of the molecule is CC(C(=O)NCc1ccccc1C#CCN)S(C)(=O)=O. The molecule has 0 aliphatic carbocycles. The number of rotatable bonds is 4. The maximum atomic E-state index is 11.7. The first-order valence-corrected chi connectivity index (χ1v) is 8.05. The molecule has 1 atom stereocenters. The summed E-state index contributed by atoms with van der Waals surface area (Å²) in [6.07, 6.45) is 1.04. The lowest BCUT2D eigenvalue weighted by Crippen LogP contribution is -2.37. The molecular formula is C14H18N2O3S. The van der Waals surface area contributed by atoms with E-state index in [2.05, 4.69) is 17.2 Å². The molecule has 0 saturated carbocycles. The summed E-state index contributed by atoms with van der Waals surface area (Å²) in [5.41, 5.74) is 6.92. The number of nitrogens with two attached hydrogens (primary N) is 1. The van der Waals surface area contributed by atoms with Gasteiger partial charge in [-0.1, -0.05) is 30.0 Å². The van der Waals surface area contributed by atoms with Gasteiger partial charge in [-0.25, -0.2) is 8.42 Å². The van der Waals surface area contributed by atoms with Crippen LogP contribution in [0.1, 0.15) is 18.1 Å². The number of carbonyl (C=O) groups excluding carboxylic acids is 1. The molecule has 3 N–H and O–H groups in total. The van der Waals surface area contributed by atoms with E-state index in [1.807, 2.05) is 24.3 Å². The van der Waals surface area contributed by atoms with Gasteiger partial charge in [-0.05, 0) is 18.6 Å². The standard InChI is InChI=1S/C14H18N2O3S/c1-11(20(2,18)19)14(17)16-10-13-7-4-3-6-12(13)8-5-9-15/h3-4,6-7,11H,9-10,15H2,1-2H3,(H,16,17).